The Hall–Kier alpha value is -2.01. The SMILES string of the molecule is COCCc1ccc(-c2ccc(OC(F)(F)F)cc2)cc1. The zero-order valence-corrected chi connectivity index (χ0v) is 11.5. The van der Waals surface area contributed by atoms with Crippen molar-refractivity contribution in [3.63, 3.8) is 0 Å². The zero-order chi connectivity index (χ0) is 15.3. The Bertz CT molecular complexity index is 560. The monoisotopic (exact) mass is 296 g/mol. The molecule has 0 aliphatic rings. The van der Waals surface area contributed by atoms with Gasteiger partial charge in [0.15, 0.2) is 0 Å². The molecule has 0 bridgehead atoms. The largest absolute Gasteiger partial charge is 0.573 e. The minimum atomic E-state index is -4.66. The molecule has 5 heteroatoms. The molecule has 0 radical (unpaired) electrons. The van der Waals surface area contributed by atoms with E-state index in [2.05, 4.69) is 4.74 Å². The number of hydrogen-bond donors (Lipinski definition) is 0. The van der Waals surface area contributed by atoms with Gasteiger partial charge in [-0.05, 0) is 35.2 Å². The van der Waals surface area contributed by atoms with Gasteiger partial charge >= 0.3 is 6.36 Å². The van der Waals surface area contributed by atoms with Gasteiger partial charge in [0.05, 0.1) is 6.61 Å². The Morgan fingerprint density at radius 1 is 0.857 bits per heavy atom. The third-order valence-electron chi connectivity index (χ3n) is 2.97. The zero-order valence-electron chi connectivity index (χ0n) is 11.5. The van der Waals surface area contributed by atoms with Gasteiger partial charge in [-0.3, -0.25) is 0 Å². The van der Waals surface area contributed by atoms with E-state index in [9.17, 15) is 13.2 Å². The molecule has 0 aliphatic carbocycles. The first-order valence-electron chi connectivity index (χ1n) is 6.42. The lowest BCUT2D eigenvalue weighted by atomic mass is 10.0. The quantitative estimate of drug-likeness (QED) is 0.812. The van der Waals surface area contributed by atoms with Gasteiger partial charge in [0.1, 0.15) is 5.75 Å². The summed E-state index contributed by atoms with van der Waals surface area (Å²) in [5, 5.41) is 0. The summed E-state index contributed by atoms with van der Waals surface area (Å²) in [4.78, 5) is 0. The number of halogens is 3. The van der Waals surface area contributed by atoms with Gasteiger partial charge in [-0.2, -0.15) is 0 Å². The average molecular weight is 296 g/mol. The van der Waals surface area contributed by atoms with Crippen LogP contribution in [0.3, 0.4) is 0 Å². The van der Waals surface area contributed by atoms with Crippen molar-refractivity contribution < 1.29 is 22.6 Å². The minimum absolute atomic E-state index is 0.219. The second kappa shape index (κ2) is 6.63. The molecule has 0 saturated heterocycles. The van der Waals surface area contributed by atoms with Crippen molar-refractivity contribution in [2.45, 2.75) is 12.8 Å². The summed E-state index contributed by atoms with van der Waals surface area (Å²) in [7, 11) is 1.65. The van der Waals surface area contributed by atoms with Gasteiger partial charge in [-0.1, -0.05) is 36.4 Å². The fourth-order valence-electron chi connectivity index (χ4n) is 1.93. The molecule has 0 saturated carbocycles. The molecule has 0 atom stereocenters. The lowest BCUT2D eigenvalue weighted by Gasteiger charge is -2.09. The summed E-state index contributed by atoms with van der Waals surface area (Å²) >= 11 is 0. The fraction of sp³-hybridized carbons (Fsp3) is 0.250. The third-order valence-corrected chi connectivity index (χ3v) is 2.97. The Morgan fingerprint density at radius 3 is 1.86 bits per heavy atom. The average Bonchev–Trinajstić information content (AvgIpc) is 2.45. The van der Waals surface area contributed by atoms with Crippen molar-refractivity contribution in [3.05, 3.63) is 54.1 Å². The molecular formula is C16H15F3O2. The number of alkyl halides is 3. The third kappa shape index (κ3) is 4.79. The highest BCUT2D eigenvalue weighted by molar-refractivity contribution is 5.64. The Labute approximate surface area is 121 Å². The maximum atomic E-state index is 12.1. The summed E-state index contributed by atoms with van der Waals surface area (Å²) in [5.74, 6) is -0.219. The molecule has 0 aliphatic heterocycles. The number of rotatable bonds is 5. The van der Waals surface area contributed by atoms with E-state index < -0.39 is 6.36 Å². The van der Waals surface area contributed by atoms with Crippen LogP contribution in [-0.4, -0.2) is 20.1 Å². The number of hydrogen-bond acceptors (Lipinski definition) is 2. The lowest BCUT2D eigenvalue weighted by molar-refractivity contribution is -0.274. The summed E-state index contributed by atoms with van der Waals surface area (Å²) in [5.41, 5.74) is 2.93. The molecule has 0 N–H and O–H groups in total. The van der Waals surface area contributed by atoms with Crippen molar-refractivity contribution in [3.8, 4) is 16.9 Å². The van der Waals surface area contributed by atoms with E-state index in [-0.39, 0.29) is 5.75 Å². The topological polar surface area (TPSA) is 18.5 Å². The molecule has 112 valence electrons. The van der Waals surface area contributed by atoms with Crippen molar-refractivity contribution in [1.82, 2.24) is 0 Å². The van der Waals surface area contributed by atoms with Gasteiger partial charge in [-0.15, -0.1) is 13.2 Å². The van der Waals surface area contributed by atoms with Crippen LogP contribution in [0.5, 0.6) is 5.75 Å². The van der Waals surface area contributed by atoms with Crippen LogP contribution >= 0.6 is 0 Å². The minimum Gasteiger partial charge on any atom is -0.406 e. The van der Waals surface area contributed by atoms with Crippen molar-refractivity contribution in [2.75, 3.05) is 13.7 Å². The van der Waals surface area contributed by atoms with Crippen LogP contribution in [0.15, 0.2) is 48.5 Å². The second-order valence-corrected chi connectivity index (χ2v) is 4.51. The van der Waals surface area contributed by atoms with E-state index in [1.165, 1.54) is 12.1 Å². The highest BCUT2D eigenvalue weighted by atomic mass is 19.4. The molecule has 0 fully saturated rings. The molecule has 2 rings (SSSR count). The Kier molecular flexibility index (Phi) is 4.85. The van der Waals surface area contributed by atoms with Crippen LogP contribution in [0.4, 0.5) is 13.2 Å². The van der Waals surface area contributed by atoms with E-state index in [1.807, 2.05) is 24.3 Å². The summed E-state index contributed by atoms with van der Waals surface area (Å²) in [6.45, 7) is 0.656. The van der Waals surface area contributed by atoms with E-state index in [0.29, 0.717) is 6.61 Å². The van der Waals surface area contributed by atoms with Gasteiger partial charge < -0.3 is 9.47 Å². The summed E-state index contributed by atoms with van der Waals surface area (Å²) < 4.78 is 45.1. The number of ether oxygens (including phenoxy) is 2. The molecule has 0 unspecified atom stereocenters. The van der Waals surface area contributed by atoms with Gasteiger partial charge in [0.2, 0.25) is 0 Å². The normalized spacial score (nSPS) is 11.4. The van der Waals surface area contributed by atoms with E-state index in [0.717, 1.165) is 23.1 Å². The standard InChI is InChI=1S/C16H15F3O2/c1-20-11-10-12-2-4-13(5-3-12)14-6-8-15(9-7-14)21-16(17,18)19/h2-9H,10-11H2,1H3. The van der Waals surface area contributed by atoms with Crippen molar-refractivity contribution >= 4 is 0 Å². The van der Waals surface area contributed by atoms with E-state index in [4.69, 9.17) is 4.74 Å². The first-order valence-corrected chi connectivity index (χ1v) is 6.42. The molecular weight excluding hydrogens is 281 g/mol. The fourth-order valence-corrected chi connectivity index (χ4v) is 1.93. The summed E-state index contributed by atoms with van der Waals surface area (Å²) in [6, 6.07) is 13.7. The van der Waals surface area contributed by atoms with Crippen LogP contribution in [0.25, 0.3) is 11.1 Å². The van der Waals surface area contributed by atoms with Crippen LogP contribution in [0, 0.1) is 0 Å². The predicted octanol–water partition coefficient (Wildman–Crippen LogP) is 4.44. The smallest absolute Gasteiger partial charge is 0.406 e. The first kappa shape index (κ1) is 15.4. The van der Waals surface area contributed by atoms with Crippen LogP contribution in [0.2, 0.25) is 0 Å². The van der Waals surface area contributed by atoms with Gasteiger partial charge in [-0.25, -0.2) is 0 Å². The molecule has 2 aromatic carbocycles. The maximum Gasteiger partial charge on any atom is 0.573 e. The molecule has 0 heterocycles. The van der Waals surface area contributed by atoms with Crippen LogP contribution < -0.4 is 4.74 Å². The number of methoxy groups -OCH3 is 1. The van der Waals surface area contributed by atoms with Gasteiger partial charge in [0.25, 0.3) is 0 Å². The Morgan fingerprint density at radius 2 is 1.38 bits per heavy atom. The lowest BCUT2D eigenvalue weighted by Crippen LogP contribution is -2.16. The predicted molar refractivity (Wildman–Crippen MR) is 74.1 cm³/mol. The molecule has 2 nitrogen and oxygen atoms in total. The van der Waals surface area contributed by atoms with Crippen LogP contribution in [0.1, 0.15) is 5.56 Å². The molecule has 0 spiro atoms. The maximum absolute atomic E-state index is 12.1. The van der Waals surface area contributed by atoms with E-state index in [1.54, 1.807) is 19.2 Å². The van der Waals surface area contributed by atoms with Crippen molar-refractivity contribution in [2.24, 2.45) is 0 Å². The highest BCUT2D eigenvalue weighted by Crippen LogP contribution is 2.26. The highest BCUT2D eigenvalue weighted by Gasteiger charge is 2.30. The molecule has 0 amide bonds. The van der Waals surface area contributed by atoms with Gasteiger partial charge in [0, 0.05) is 7.11 Å². The second-order valence-electron chi connectivity index (χ2n) is 4.51. The molecule has 21 heavy (non-hydrogen) atoms. The Balaban J connectivity index is 2.08. The summed E-state index contributed by atoms with van der Waals surface area (Å²) in [6.07, 6.45) is -3.83. The molecule has 0 aromatic heterocycles. The number of benzene rings is 2. The van der Waals surface area contributed by atoms with Crippen molar-refractivity contribution in [1.29, 1.82) is 0 Å². The van der Waals surface area contributed by atoms with Crippen LogP contribution in [-0.2, 0) is 11.2 Å². The molecule has 2 aromatic rings. The van der Waals surface area contributed by atoms with E-state index >= 15 is 0 Å². The first-order chi connectivity index (χ1) is 9.98.